The number of benzene rings is 1. The van der Waals surface area contributed by atoms with Gasteiger partial charge in [-0.15, -0.1) is 0 Å². The first kappa shape index (κ1) is 14.8. The topological polar surface area (TPSA) is 56.9 Å². The summed E-state index contributed by atoms with van der Waals surface area (Å²) in [7, 11) is 0. The lowest BCUT2D eigenvalue weighted by atomic mass is 9.95. The molecule has 2 bridgehead atoms. The van der Waals surface area contributed by atoms with Gasteiger partial charge in [0.1, 0.15) is 0 Å². The third-order valence-corrected chi connectivity index (χ3v) is 5.73. The lowest BCUT2D eigenvalue weighted by molar-refractivity contribution is 0.0931. The van der Waals surface area contributed by atoms with Crippen molar-refractivity contribution in [2.45, 2.75) is 54.2 Å². The lowest BCUT2D eigenvalue weighted by Gasteiger charge is -2.21. The Hall–Kier alpha value is -1.72. The summed E-state index contributed by atoms with van der Waals surface area (Å²) < 4.78 is 0. The summed E-state index contributed by atoms with van der Waals surface area (Å²) in [4.78, 5) is 16.8. The van der Waals surface area contributed by atoms with E-state index in [1.165, 1.54) is 12.8 Å². The van der Waals surface area contributed by atoms with Crippen LogP contribution in [0, 0.1) is 6.92 Å². The molecule has 1 aromatic carbocycles. The van der Waals surface area contributed by atoms with Crippen LogP contribution in [0.15, 0.2) is 46.3 Å². The molecular formula is C18H21N3OS. The number of aromatic amines is 1. The van der Waals surface area contributed by atoms with Crippen molar-refractivity contribution in [1.82, 2.24) is 15.6 Å². The van der Waals surface area contributed by atoms with Crippen LogP contribution >= 0.6 is 11.8 Å². The summed E-state index contributed by atoms with van der Waals surface area (Å²) in [6.07, 6.45) is 3.50. The van der Waals surface area contributed by atoms with Gasteiger partial charge in [-0.3, -0.25) is 4.79 Å². The van der Waals surface area contributed by atoms with Crippen molar-refractivity contribution in [2.75, 3.05) is 0 Å². The largest absolute Gasteiger partial charge is 0.354 e. The number of fused-ring (bicyclic) bond motifs is 2. The molecule has 2 fully saturated rings. The number of hydrogen-bond acceptors (Lipinski definition) is 3. The zero-order valence-electron chi connectivity index (χ0n) is 13.1. The van der Waals surface area contributed by atoms with E-state index in [1.54, 1.807) is 11.8 Å². The molecule has 3 unspecified atom stereocenters. The zero-order chi connectivity index (χ0) is 15.8. The van der Waals surface area contributed by atoms with Gasteiger partial charge in [0.25, 0.3) is 5.91 Å². The number of hydrogen-bond donors (Lipinski definition) is 3. The minimum Gasteiger partial charge on any atom is -0.354 e. The molecule has 0 radical (unpaired) electrons. The molecule has 0 saturated carbocycles. The molecule has 4 nitrogen and oxygen atoms in total. The normalized spacial score (nSPS) is 25.7. The highest BCUT2D eigenvalue weighted by molar-refractivity contribution is 7.99. The first-order chi connectivity index (χ1) is 11.2. The molecule has 0 aliphatic carbocycles. The molecule has 3 atom stereocenters. The number of carbonyl (C=O) groups excluding carboxylic acids is 1. The van der Waals surface area contributed by atoms with E-state index in [-0.39, 0.29) is 11.9 Å². The van der Waals surface area contributed by atoms with Crippen molar-refractivity contribution < 1.29 is 4.79 Å². The molecule has 120 valence electrons. The van der Waals surface area contributed by atoms with Gasteiger partial charge in [-0.25, -0.2) is 0 Å². The predicted molar refractivity (Wildman–Crippen MR) is 91.9 cm³/mol. The average Bonchev–Trinajstić information content (AvgIpc) is 3.25. The van der Waals surface area contributed by atoms with Crippen LogP contribution in [-0.2, 0) is 0 Å². The molecule has 3 heterocycles. The summed E-state index contributed by atoms with van der Waals surface area (Å²) >= 11 is 1.67. The Balaban J connectivity index is 1.38. The van der Waals surface area contributed by atoms with Gasteiger partial charge < -0.3 is 15.6 Å². The molecule has 3 N–H and O–H groups in total. The van der Waals surface area contributed by atoms with E-state index in [1.807, 2.05) is 31.2 Å². The summed E-state index contributed by atoms with van der Waals surface area (Å²) in [6.45, 7) is 2.04. The quantitative estimate of drug-likeness (QED) is 0.809. The number of nitrogens with one attached hydrogen (secondary N) is 3. The summed E-state index contributed by atoms with van der Waals surface area (Å²) in [5.41, 5.74) is 1.89. The third kappa shape index (κ3) is 3.16. The minimum atomic E-state index is 0.0385. The molecular weight excluding hydrogens is 306 g/mol. The second-order valence-corrected chi connectivity index (χ2v) is 7.61. The molecule has 1 aromatic heterocycles. The minimum absolute atomic E-state index is 0.0385. The van der Waals surface area contributed by atoms with Crippen molar-refractivity contribution in [3.8, 4) is 0 Å². The van der Waals surface area contributed by atoms with Gasteiger partial charge >= 0.3 is 0 Å². The number of amides is 1. The second kappa shape index (κ2) is 6.06. The Labute approximate surface area is 140 Å². The molecule has 0 spiro atoms. The number of aryl methyl sites for hydroxylation is 1. The maximum absolute atomic E-state index is 12.4. The molecule has 23 heavy (non-hydrogen) atoms. The summed E-state index contributed by atoms with van der Waals surface area (Å²) in [5, 5.41) is 7.85. The zero-order valence-corrected chi connectivity index (χ0v) is 14.0. The first-order valence-electron chi connectivity index (χ1n) is 8.18. The Morgan fingerprint density at radius 1 is 1.17 bits per heavy atom. The first-order valence-corrected chi connectivity index (χ1v) is 8.99. The number of H-pyrrole nitrogens is 1. The van der Waals surface area contributed by atoms with Crippen LogP contribution in [0.5, 0.6) is 0 Å². The lowest BCUT2D eigenvalue weighted by Crippen LogP contribution is -2.42. The van der Waals surface area contributed by atoms with Gasteiger partial charge in [-0.1, -0.05) is 11.8 Å². The molecule has 5 heteroatoms. The van der Waals surface area contributed by atoms with Crippen molar-refractivity contribution in [3.05, 3.63) is 47.7 Å². The van der Waals surface area contributed by atoms with Crippen molar-refractivity contribution in [1.29, 1.82) is 0 Å². The molecule has 4 rings (SSSR count). The molecule has 2 aliphatic rings. The molecule has 2 saturated heterocycles. The van der Waals surface area contributed by atoms with Crippen LogP contribution in [0.1, 0.15) is 35.3 Å². The molecule has 1 amide bonds. The standard InChI is InChI=1S/C18H21N3OS/c1-11-2-9-17(19-11)23-14-6-3-12(4-7-14)18(22)21-16-10-13-5-8-15(16)20-13/h2-4,6-7,9,13,15-16,19-20H,5,8,10H2,1H3,(H,21,22). The molecule has 2 aliphatic heterocycles. The maximum atomic E-state index is 12.4. The van der Waals surface area contributed by atoms with Crippen molar-refractivity contribution in [2.24, 2.45) is 0 Å². The van der Waals surface area contributed by atoms with Gasteiger partial charge in [-0.2, -0.15) is 0 Å². The van der Waals surface area contributed by atoms with Gasteiger partial charge in [0.2, 0.25) is 0 Å². The van der Waals surface area contributed by atoms with E-state index >= 15 is 0 Å². The number of carbonyl (C=O) groups is 1. The Bertz CT molecular complexity index is 709. The fourth-order valence-corrected chi connectivity index (χ4v) is 4.45. The van der Waals surface area contributed by atoms with E-state index in [9.17, 15) is 4.79 Å². The van der Waals surface area contributed by atoms with Gasteiger partial charge in [0.15, 0.2) is 0 Å². The van der Waals surface area contributed by atoms with Crippen LogP contribution < -0.4 is 10.6 Å². The van der Waals surface area contributed by atoms with E-state index in [4.69, 9.17) is 0 Å². The average molecular weight is 327 g/mol. The smallest absolute Gasteiger partial charge is 0.251 e. The van der Waals surface area contributed by atoms with Gasteiger partial charge in [0, 0.05) is 34.3 Å². The summed E-state index contributed by atoms with van der Waals surface area (Å²) in [5.74, 6) is 0.0385. The monoisotopic (exact) mass is 327 g/mol. The Morgan fingerprint density at radius 3 is 2.61 bits per heavy atom. The van der Waals surface area contributed by atoms with Crippen LogP contribution in [0.4, 0.5) is 0 Å². The Morgan fingerprint density at radius 2 is 2.00 bits per heavy atom. The number of aromatic nitrogens is 1. The molecule has 2 aromatic rings. The van der Waals surface area contributed by atoms with Crippen LogP contribution in [0.2, 0.25) is 0 Å². The van der Waals surface area contributed by atoms with Gasteiger partial charge in [-0.05, 0) is 62.6 Å². The SMILES string of the molecule is Cc1ccc(Sc2ccc(C(=O)NC3CC4CCC3N4)cc2)[nH]1. The van der Waals surface area contributed by atoms with Crippen LogP contribution in [0.3, 0.4) is 0 Å². The van der Waals surface area contributed by atoms with E-state index in [2.05, 4.69) is 27.8 Å². The Kier molecular flexibility index (Phi) is 3.91. The highest BCUT2D eigenvalue weighted by Gasteiger charge is 2.39. The fourth-order valence-electron chi connectivity index (χ4n) is 3.57. The number of rotatable bonds is 4. The van der Waals surface area contributed by atoms with Crippen molar-refractivity contribution >= 4 is 17.7 Å². The van der Waals surface area contributed by atoms with Crippen LogP contribution in [-0.4, -0.2) is 29.0 Å². The maximum Gasteiger partial charge on any atom is 0.251 e. The summed E-state index contributed by atoms with van der Waals surface area (Å²) in [6, 6.07) is 13.3. The van der Waals surface area contributed by atoms with Crippen LogP contribution in [0.25, 0.3) is 0 Å². The van der Waals surface area contributed by atoms with E-state index in [0.717, 1.165) is 27.6 Å². The van der Waals surface area contributed by atoms with Crippen molar-refractivity contribution in [3.63, 3.8) is 0 Å². The van der Waals surface area contributed by atoms with E-state index < -0.39 is 0 Å². The fraction of sp³-hybridized carbons (Fsp3) is 0.389. The van der Waals surface area contributed by atoms with E-state index in [0.29, 0.717) is 12.1 Å². The third-order valence-electron chi connectivity index (χ3n) is 4.77. The van der Waals surface area contributed by atoms with Gasteiger partial charge in [0.05, 0.1) is 5.03 Å². The predicted octanol–water partition coefficient (Wildman–Crippen LogP) is 3.10. The highest BCUT2D eigenvalue weighted by Crippen LogP contribution is 2.29. The second-order valence-electron chi connectivity index (χ2n) is 6.50. The highest BCUT2D eigenvalue weighted by atomic mass is 32.2.